The highest BCUT2D eigenvalue weighted by molar-refractivity contribution is 6.11. The van der Waals surface area contributed by atoms with Crippen molar-refractivity contribution >= 4 is 22.8 Å². The monoisotopic (exact) mass is 283 g/mol. The topological polar surface area (TPSA) is 77.2 Å². The normalized spacial score (nSPS) is 10.6. The largest absolute Gasteiger partial charge is 0.497 e. The first-order valence-electron chi connectivity index (χ1n) is 6.33. The molecule has 1 N–H and O–H groups in total. The van der Waals surface area contributed by atoms with Crippen LogP contribution in [0, 0.1) is 6.92 Å². The van der Waals surface area contributed by atoms with Crippen molar-refractivity contribution in [2.24, 2.45) is 0 Å². The molecule has 3 aromatic rings. The van der Waals surface area contributed by atoms with Crippen molar-refractivity contribution < 1.29 is 13.9 Å². The molecule has 0 saturated carbocycles. The number of amides is 1. The summed E-state index contributed by atoms with van der Waals surface area (Å²) in [7, 11) is 1.55. The van der Waals surface area contributed by atoms with Crippen LogP contribution in [0.2, 0.25) is 0 Å². The highest BCUT2D eigenvalue weighted by Crippen LogP contribution is 2.25. The predicted molar refractivity (Wildman–Crippen MR) is 77.5 cm³/mol. The summed E-state index contributed by atoms with van der Waals surface area (Å²) in [6.07, 6.45) is 2.85. The number of hydrogen-bond acceptors (Lipinski definition) is 5. The van der Waals surface area contributed by atoms with Crippen molar-refractivity contribution in [1.82, 2.24) is 9.97 Å². The summed E-state index contributed by atoms with van der Waals surface area (Å²) in [5.41, 5.74) is 1.85. The number of fused-ring (bicyclic) bond motifs is 1. The van der Waals surface area contributed by atoms with E-state index in [0.29, 0.717) is 16.8 Å². The van der Waals surface area contributed by atoms with Gasteiger partial charge in [0.15, 0.2) is 0 Å². The molecule has 0 aliphatic carbocycles. The smallest absolute Gasteiger partial charge is 0.301 e. The fourth-order valence-electron chi connectivity index (χ4n) is 2.05. The second-order valence-corrected chi connectivity index (χ2v) is 4.49. The van der Waals surface area contributed by atoms with Gasteiger partial charge in [0.2, 0.25) is 0 Å². The van der Waals surface area contributed by atoms with Crippen molar-refractivity contribution in [3.05, 3.63) is 48.0 Å². The molecule has 21 heavy (non-hydrogen) atoms. The minimum absolute atomic E-state index is 0.142. The van der Waals surface area contributed by atoms with Crippen LogP contribution in [0.1, 0.15) is 16.1 Å². The third kappa shape index (κ3) is 2.55. The van der Waals surface area contributed by atoms with Gasteiger partial charge in [0, 0.05) is 11.1 Å². The zero-order valence-corrected chi connectivity index (χ0v) is 11.6. The van der Waals surface area contributed by atoms with Crippen LogP contribution in [0.15, 0.2) is 41.1 Å². The number of methoxy groups -OCH3 is 1. The number of benzene rings is 1. The standard InChI is InChI=1S/C15H13N3O3/c1-9-3-4-10-7-11(20-2)8-12(13(10)17-9)14(19)18-15-16-5-6-21-15/h3-8H,1-2H3,(H,16,18,19). The molecule has 2 heterocycles. The van der Waals surface area contributed by atoms with E-state index in [-0.39, 0.29) is 11.9 Å². The summed E-state index contributed by atoms with van der Waals surface area (Å²) in [5, 5.41) is 3.42. The molecule has 1 amide bonds. The van der Waals surface area contributed by atoms with E-state index < -0.39 is 0 Å². The number of rotatable bonds is 3. The van der Waals surface area contributed by atoms with Crippen molar-refractivity contribution in [3.63, 3.8) is 0 Å². The lowest BCUT2D eigenvalue weighted by Crippen LogP contribution is -2.13. The Balaban J connectivity index is 2.10. The Kier molecular flexibility index (Phi) is 3.27. The van der Waals surface area contributed by atoms with Crippen LogP contribution < -0.4 is 10.1 Å². The summed E-state index contributed by atoms with van der Waals surface area (Å²) in [6.45, 7) is 1.87. The van der Waals surface area contributed by atoms with E-state index in [1.807, 2.05) is 25.1 Å². The third-order valence-electron chi connectivity index (χ3n) is 3.04. The van der Waals surface area contributed by atoms with Gasteiger partial charge in [0.05, 0.1) is 24.4 Å². The van der Waals surface area contributed by atoms with Crippen molar-refractivity contribution in [1.29, 1.82) is 0 Å². The Morgan fingerprint density at radius 3 is 2.90 bits per heavy atom. The first-order valence-corrected chi connectivity index (χ1v) is 6.33. The molecule has 0 atom stereocenters. The molecule has 0 radical (unpaired) electrons. The molecule has 106 valence electrons. The van der Waals surface area contributed by atoms with Crippen LogP contribution in [0.3, 0.4) is 0 Å². The molecule has 1 aromatic carbocycles. The average molecular weight is 283 g/mol. The second-order valence-electron chi connectivity index (χ2n) is 4.49. The minimum atomic E-state index is -0.348. The number of aryl methyl sites for hydroxylation is 1. The maximum atomic E-state index is 12.4. The lowest BCUT2D eigenvalue weighted by molar-refractivity contribution is 0.102. The third-order valence-corrected chi connectivity index (χ3v) is 3.04. The maximum Gasteiger partial charge on any atom is 0.301 e. The Hall–Kier alpha value is -2.89. The molecule has 0 spiro atoms. The maximum absolute atomic E-state index is 12.4. The molecule has 2 aromatic heterocycles. The van der Waals surface area contributed by atoms with Gasteiger partial charge in [-0.15, -0.1) is 0 Å². The Morgan fingerprint density at radius 2 is 2.19 bits per heavy atom. The van der Waals surface area contributed by atoms with Crippen LogP contribution >= 0.6 is 0 Å². The lowest BCUT2D eigenvalue weighted by atomic mass is 10.1. The SMILES string of the molecule is COc1cc(C(=O)Nc2ncco2)c2nc(C)ccc2c1. The van der Waals surface area contributed by atoms with E-state index in [4.69, 9.17) is 9.15 Å². The number of nitrogens with zero attached hydrogens (tertiary/aromatic N) is 2. The summed E-state index contributed by atoms with van der Waals surface area (Å²) in [5.74, 6) is 0.241. The van der Waals surface area contributed by atoms with E-state index in [9.17, 15) is 4.79 Å². The molecule has 0 fully saturated rings. The summed E-state index contributed by atoms with van der Waals surface area (Å²) >= 11 is 0. The van der Waals surface area contributed by atoms with Gasteiger partial charge in [0.25, 0.3) is 5.91 Å². The summed E-state index contributed by atoms with van der Waals surface area (Å²) < 4.78 is 10.3. The Morgan fingerprint density at radius 1 is 1.33 bits per heavy atom. The molecule has 0 saturated heterocycles. The van der Waals surface area contributed by atoms with Gasteiger partial charge in [-0.05, 0) is 25.1 Å². The molecular weight excluding hydrogens is 270 g/mol. The van der Waals surface area contributed by atoms with Crippen molar-refractivity contribution in [3.8, 4) is 5.75 Å². The van der Waals surface area contributed by atoms with Gasteiger partial charge in [-0.1, -0.05) is 6.07 Å². The van der Waals surface area contributed by atoms with Gasteiger partial charge in [-0.25, -0.2) is 4.98 Å². The van der Waals surface area contributed by atoms with E-state index in [2.05, 4.69) is 15.3 Å². The van der Waals surface area contributed by atoms with Gasteiger partial charge in [0.1, 0.15) is 12.0 Å². The molecule has 6 heteroatoms. The molecule has 0 aliphatic rings. The van der Waals surface area contributed by atoms with Crippen LogP contribution in [0.5, 0.6) is 5.75 Å². The molecule has 0 aliphatic heterocycles. The first-order chi connectivity index (χ1) is 10.2. The Bertz CT molecular complexity index is 797. The quantitative estimate of drug-likeness (QED) is 0.799. The highest BCUT2D eigenvalue weighted by atomic mass is 16.5. The summed E-state index contributed by atoms with van der Waals surface area (Å²) in [4.78, 5) is 20.7. The fourth-order valence-corrected chi connectivity index (χ4v) is 2.05. The number of carbonyl (C=O) groups excluding carboxylic acids is 1. The number of carbonyl (C=O) groups is 1. The van der Waals surface area contributed by atoms with Crippen molar-refractivity contribution in [2.45, 2.75) is 6.92 Å². The number of aromatic nitrogens is 2. The van der Waals surface area contributed by atoms with E-state index in [0.717, 1.165) is 11.1 Å². The van der Waals surface area contributed by atoms with Crippen LogP contribution in [0.4, 0.5) is 6.01 Å². The number of nitrogens with one attached hydrogen (secondary N) is 1. The molecule has 0 bridgehead atoms. The first kappa shape index (κ1) is 13.1. The number of hydrogen-bond donors (Lipinski definition) is 1. The van der Waals surface area contributed by atoms with Gasteiger partial charge in [-0.3, -0.25) is 15.1 Å². The lowest BCUT2D eigenvalue weighted by Gasteiger charge is -2.09. The molecule has 6 nitrogen and oxygen atoms in total. The van der Waals surface area contributed by atoms with E-state index in [1.54, 1.807) is 13.2 Å². The van der Waals surface area contributed by atoms with Crippen LogP contribution in [-0.4, -0.2) is 23.0 Å². The van der Waals surface area contributed by atoms with E-state index in [1.165, 1.54) is 12.5 Å². The van der Waals surface area contributed by atoms with Gasteiger partial charge >= 0.3 is 6.01 Å². The zero-order valence-electron chi connectivity index (χ0n) is 11.6. The minimum Gasteiger partial charge on any atom is -0.497 e. The second kappa shape index (κ2) is 5.24. The highest BCUT2D eigenvalue weighted by Gasteiger charge is 2.15. The predicted octanol–water partition coefficient (Wildman–Crippen LogP) is 2.79. The van der Waals surface area contributed by atoms with E-state index >= 15 is 0 Å². The number of pyridine rings is 1. The zero-order chi connectivity index (χ0) is 14.8. The summed E-state index contributed by atoms with van der Waals surface area (Å²) in [6, 6.07) is 7.42. The molecular formula is C15H13N3O3. The Labute approximate surface area is 120 Å². The number of oxazole rings is 1. The molecule has 3 rings (SSSR count). The number of ether oxygens (including phenoxy) is 1. The molecule has 0 unspecified atom stereocenters. The van der Waals surface area contributed by atoms with Crippen LogP contribution in [-0.2, 0) is 0 Å². The fraction of sp³-hybridized carbons (Fsp3) is 0.133. The number of anilines is 1. The average Bonchev–Trinajstić information content (AvgIpc) is 2.99. The van der Waals surface area contributed by atoms with Crippen LogP contribution in [0.25, 0.3) is 10.9 Å². The van der Waals surface area contributed by atoms with Gasteiger partial charge < -0.3 is 9.15 Å². The van der Waals surface area contributed by atoms with Crippen molar-refractivity contribution in [2.75, 3.05) is 12.4 Å². The van der Waals surface area contributed by atoms with Gasteiger partial charge in [-0.2, -0.15) is 0 Å².